The van der Waals surface area contributed by atoms with E-state index >= 15 is 0 Å². The lowest BCUT2D eigenvalue weighted by Gasteiger charge is -2.36. The van der Waals surface area contributed by atoms with E-state index in [1.807, 2.05) is 25.7 Å². The summed E-state index contributed by atoms with van der Waals surface area (Å²) in [5, 5.41) is 5.58. The van der Waals surface area contributed by atoms with Crippen molar-refractivity contribution >= 4 is 17.7 Å². The number of nitrogens with zero attached hydrogens (tertiary/aromatic N) is 1. The number of ether oxygens (including phenoxy) is 1. The van der Waals surface area contributed by atoms with Crippen LogP contribution in [-0.2, 0) is 14.3 Å². The summed E-state index contributed by atoms with van der Waals surface area (Å²) < 4.78 is 19.1. The highest BCUT2D eigenvalue weighted by molar-refractivity contribution is 5.97. The van der Waals surface area contributed by atoms with Crippen molar-refractivity contribution in [2.45, 2.75) is 52.5 Å². The van der Waals surface area contributed by atoms with Gasteiger partial charge in [-0.15, -0.1) is 0 Å². The first-order valence-corrected chi connectivity index (χ1v) is 11.2. The predicted molar refractivity (Wildman–Crippen MR) is 121 cm³/mol. The van der Waals surface area contributed by atoms with Crippen LogP contribution in [0, 0.1) is 17.2 Å². The van der Waals surface area contributed by atoms with E-state index in [0.29, 0.717) is 51.9 Å². The highest BCUT2D eigenvalue weighted by atomic mass is 19.1. The van der Waals surface area contributed by atoms with E-state index in [2.05, 4.69) is 10.6 Å². The Labute approximate surface area is 190 Å². The summed E-state index contributed by atoms with van der Waals surface area (Å²) in [6.45, 7) is 8.08. The topological polar surface area (TPSA) is 87.7 Å². The second-order valence-corrected chi connectivity index (χ2v) is 9.52. The van der Waals surface area contributed by atoms with Gasteiger partial charge >= 0.3 is 0 Å². The van der Waals surface area contributed by atoms with Crippen LogP contribution in [0.25, 0.3) is 0 Å². The molecule has 0 bridgehead atoms. The van der Waals surface area contributed by atoms with Crippen LogP contribution in [0.2, 0.25) is 0 Å². The van der Waals surface area contributed by atoms with Crippen molar-refractivity contribution in [1.29, 1.82) is 0 Å². The molecule has 2 N–H and O–H groups in total. The first kappa shape index (κ1) is 25.8. The molecule has 1 fully saturated rings. The molecule has 0 radical (unpaired) electrons. The van der Waals surface area contributed by atoms with Gasteiger partial charge in [-0.1, -0.05) is 32.9 Å². The molecule has 0 unspecified atom stereocenters. The van der Waals surface area contributed by atoms with Crippen molar-refractivity contribution in [2.24, 2.45) is 11.3 Å². The first-order valence-electron chi connectivity index (χ1n) is 11.2. The number of methoxy groups -OCH3 is 1. The lowest BCUT2D eigenvalue weighted by Crippen LogP contribution is -2.54. The van der Waals surface area contributed by atoms with E-state index in [1.165, 1.54) is 18.2 Å². The van der Waals surface area contributed by atoms with E-state index in [-0.39, 0.29) is 28.7 Å². The average Bonchev–Trinajstić information content (AvgIpc) is 2.74. The van der Waals surface area contributed by atoms with Crippen molar-refractivity contribution in [3.05, 3.63) is 35.6 Å². The smallest absolute Gasteiger partial charge is 0.254 e. The zero-order valence-corrected chi connectivity index (χ0v) is 19.6. The summed E-state index contributed by atoms with van der Waals surface area (Å²) in [5.41, 5.74) is -0.186. The van der Waals surface area contributed by atoms with E-state index in [4.69, 9.17) is 4.74 Å². The molecule has 1 saturated heterocycles. The zero-order valence-electron chi connectivity index (χ0n) is 19.6. The number of piperidine rings is 1. The summed E-state index contributed by atoms with van der Waals surface area (Å²) >= 11 is 0. The Morgan fingerprint density at radius 1 is 1.19 bits per heavy atom. The summed E-state index contributed by atoms with van der Waals surface area (Å²) in [6.07, 6.45) is 2.29. The Hall–Kier alpha value is -2.48. The van der Waals surface area contributed by atoms with E-state index in [1.54, 1.807) is 13.2 Å². The molecule has 8 heteroatoms. The molecule has 2 rings (SSSR count). The second-order valence-electron chi connectivity index (χ2n) is 9.52. The Bertz CT molecular complexity index is 786. The molecule has 1 aromatic rings. The molecule has 1 heterocycles. The molecule has 178 valence electrons. The molecule has 3 amide bonds. The molecule has 1 aliphatic rings. The Balaban J connectivity index is 2.06. The molecule has 0 aliphatic carbocycles. The summed E-state index contributed by atoms with van der Waals surface area (Å²) in [4.78, 5) is 40.0. The van der Waals surface area contributed by atoms with Gasteiger partial charge in [-0.2, -0.15) is 0 Å². The van der Waals surface area contributed by atoms with E-state index < -0.39 is 17.8 Å². The van der Waals surface area contributed by atoms with Gasteiger partial charge in [0, 0.05) is 39.8 Å². The predicted octanol–water partition coefficient (Wildman–Crippen LogP) is 2.75. The van der Waals surface area contributed by atoms with Crippen LogP contribution < -0.4 is 10.6 Å². The fourth-order valence-corrected chi connectivity index (χ4v) is 3.85. The number of nitrogens with one attached hydrogen (secondary N) is 2. The highest BCUT2D eigenvalue weighted by Crippen LogP contribution is 2.25. The van der Waals surface area contributed by atoms with E-state index in [9.17, 15) is 18.8 Å². The number of hydrogen-bond donors (Lipinski definition) is 2. The van der Waals surface area contributed by atoms with Gasteiger partial charge in [0.1, 0.15) is 11.9 Å². The number of amides is 3. The number of likely N-dealkylation sites (tertiary alicyclic amines) is 1. The number of carbonyl (C=O) groups excluding carboxylic acids is 3. The van der Waals surface area contributed by atoms with Crippen molar-refractivity contribution in [1.82, 2.24) is 15.5 Å². The monoisotopic (exact) mass is 449 g/mol. The number of rotatable bonds is 9. The van der Waals surface area contributed by atoms with Gasteiger partial charge in [0.15, 0.2) is 0 Å². The van der Waals surface area contributed by atoms with Crippen molar-refractivity contribution in [2.75, 3.05) is 33.4 Å². The minimum atomic E-state index is -0.801. The number of halogens is 1. The molecule has 1 atom stereocenters. The van der Waals surface area contributed by atoms with Gasteiger partial charge in [-0.05, 0) is 42.7 Å². The number of hydrogen-bond acceptors (Lipinski definition) is 4. The minimum absolute atomic E-state index is 0.0910. The largest absolute Gasteiger partial charge is 0.385 e. The maximum absolute atomic E-state index is 14.1. The van der Waals surface area contributed by atoms with Crippen molar-refractivity contribution in [3.8, 4) is 0 Å². The van der Waals surface area contributed by atoms with Crippen LogP contribution in [0.4, 0.5) is 4.39 Å². The van der Waals surface area contributed by atoms with Gasteiger partial charge in [0.25, 0.3) is 5.91 Å². The zero-order chi connectivity index (χ0) is 23.7. The lowest BCUT2D eigenvalue weighted by atomic mass is 9.87. The normalized spacial score (nSPS) is 15.8. The lowest BCUT2D eigenvalue weighted by molar-refractivity contribution is -0.134. The van der Waals surface area contributed by atoms with Crippen LogP contribution in [-0.4, -0.2) is 62.0 Å². The van der Waals surface area contributed by atoms with Crippen LogP contribution in [0.15, 0.2) is 24.3 Å². The summed E-state index contributed by atoms with van der Waals surface area (Å²) in [7, 11) is 1.59. The fraction of sp³-hybridized carbons (Fsp3) is 0.625. The highest BCUT2D eigenvalue weighted by Gasteiger charge is 2.34. The van der Waals surface area contributed by atoms with Crippen LogP contribution in [0.5, 0.6) is 0 Å². The molecule has 0 saturated carbocycles. The third kappa shape index (κ3) is 7.89. The van der Waals surface area contributed by atoms with Crippen LogP contribution in [0.3, 0.4) is 0 Å². The number of carbonyl (C=O) groups is 3. The molecule has 32 heavy (non-hydrogen) atoms. The minimum Gasteiger partial charge on any atom is -0.385 e. The van der Waals surface area contributed by atoms with Crippen molar-refractivity contribution < 1.29 is 23.5 Å². The quantitative estimate of drug-likeness (QED) is 0.568. The fourth-order valence-electron chi connectivity index (χ4n) is 3.85. The maximum Gasteiger partial charge on any atom is 0.254 e. The number of benzene rings is 1. The second kappa shape index (κ2) is 11.9. The maximum atomic E-state index is 14.1. The Morgan fingerprint density at radius 3 is 2.44 bits per heavy atom. The third-order valence-electron chi connectivity index (χ3n) is 5.56. The summed E-state index contributed by atoms with van der Waals surface area (Å²) in [6, 6.07) is 4.90. The summed E-state index contributed by atoms with van der Waals surface area (Å²) in [5.74, 6) is -1.60. The molecule has 0 aromatic heterocycles. The van der Waals surface area contributed by atoms with Gasteiger partial charge in [0.2, 0.25) is 11.8 Å². The van der Waals surface area contributed by atoms with Gasteiger partial charge in [-0.3, -0.25) is 14.4 Å². The standard InChI is InChI=1S/C24H36FN3O4/c1-24(2,3)16-20(29)28-13-10-17(11-14-28)21(23(31)26-12-7-15-32-4)27-22(30)18-8-5-6-9-19(18)25/h5-6,8-9,17,21H,7,10-16H2,1-4H3,(H,26,31)(H,27,30)/t21-/m1/s1. The molecular formula is C24H36FN3O4. The molecule has 1 aromatic carbocycles. The van der Waals surface area contributed by atoms with E-state index in [0.717, 1.165) is 0 Å². The SMILES string of the molecule is COCCCNC(=O)[C@H](NC(=O)c1ccccc1F)C1CCN(C(=O)CC(C)(C)C)CC1. The average molecular weight is 450 g/mol. The first-order chi connectivity index (χ1) is 15.1. The van der Waals surface area contributed by atoms with Gasteiger partial charge < -0.3 is 20.3 Å². The van der Waals surface area contributed by atoms with Crippen LogP contribution in [0.1, 0.15) is 56.8 Å². The molecule has 7 nitrogen and oxygen atoms in total. The third-order valence-corrected chi connectivity index (χ3v) is 5.56. The van der Waals surface area contributed by atoms with Crippen LogP contribution >= 0.6 is 0 Å². The van der Waals surface area contributed by atoms with Gasteiger partial charge in [0.05, 0.1) is 5.56 Å². The Morgan fingerprint density at radius 2 is 1.84 bits per heavy atom. The molecule has 1 aliphatic heterocycles. The molecular weight excluding hydrogens is 413 g/mol. The Kier molecular flexibility index (Phi) is 9.62. The van der Waals surface area contributed by atoms with Crippen molar-refractivity contribution in [3.63, 3.8) is 0 Å². The van der Waals surface area contributed by atoms with Gasteiger partial charge in [-0.25, -0.2) is 4.39 Å². The molecule has 0 spiro atoms.